The lowest BCUT2D eigenvalue weighted by Gasteiger charge is -2.22. The fourth-order valence-electron chi connectivity index (χ4n) is 2.21. The molecule has 0 saturated carbocycles. The number of aryl methyl sites for hydroxylation is 2. The predicted octanol–water partition coefficient (Wildman–Crippen LogP) is 2.01. The summed E-state index contributed by atoms with van der Waals surface area (Å²) < 4.78 is 1.97. The molecule has 108 valence electrons. The van der Waals surface area contributed by atoms with E-state index in [4.69, 9.17) is 5.11 Å². The van der Waals surface area contributed by atoms with Gasteiger partial charge in [0.25, 0.3) is 0 Å². The van der Waals surface area contributed by atoms with E-state index in [9.17, 15) is 4.79 Å². The molecule has 1 rings (SSSR count). The second-order valence-electron chi connectivity index (χ2n) is 5.25. The average Bonchev–Trinajstić information content (AvgIpc) is 2.69. The zero-order chi connectivity index (χ0) is 14.4. The van der Waals surface area contributed by atoms with Crippen molar-refractivity contribution in [1.29, 1.82) is 0 Å². The molecule has 0 radical (unpaired) electrons. The fourth-order valence-corrected chi connectivity index (χ4v) is 2.21. The molecule has 5 nitrogen and oxygen atoms in total. The Labute approximate surface area is 115 Å². The third-order valence-electron chi connectivity index (χ3n) is 2.94. The molecule has 1 heterocycles. The van der Waals surface area contributed by atoms with Crippen molar-refractivity contribution in [3.63, 3.8) is 0 Å². The first-order valence-electron chi connectivity index (χ1n) is 6.96. The summed E-state index contributed by atoms with van der Waals surface area (Å²) in [6.07, 6.45) is 0.906. The van der Waals surface area contributed by atoms with Crippen LogP contribution in [0.15, 0.2) is 6.07 Å². The lowest BCUT2D eigenvalue weighted by Crippen LogP contribution is -2.33. The van der Waals surface area contributed by atoms with E-state index in [1.165, 1.54) is 0 Å². The number of aromatic nitrogens is 2. The van der Waals surface area contributed by atoms with Gasteiger partial charge in [-0.1, -0.05) is 20.8 Å². The largest absolute Gasteiger partial charge is 0.480 e. The topological polar surface area (TPSA) is 58.4 Å². The van der Waals surface area contributed by atoms with Crippen LogP contribution in [0.25, 0.3) is 0 Å². The van der Waals surface area contributed by atoms with E-state index < -0.39 is 5.97 Å². The zero-order valence-corrected chi connectivity index (χ0v) is 12.4. The van der Waals surface area contributed by atoms with E-state index in [1.807, 2.05) is 9.58 Å². The molecule has 1 N–H and O–H groups in total. The normalized spacial score (nSPS) is 11.5. The van der Waals surface area contributed by atoms with E-state index >= 15 is 0 Å². The van der Waals surface area contributed by atoms with Gasteiger partial charge >= 0.3 is 5.97 Å². The van der Waals surface area contributed by atoms with Crippen LogP contribution in [0.1, 0.15) is 39.1 Å². The molecule has 0 fully saturated rings. The Balaban J connectivity index is 2.81. The number of nitrogens with zero attached hydrogens (tertiary/aromatic N) is 3. The second-order valence-corrected chi connectivity index (χ2v) is 5.25. The number of carboxylic acids is 1. The molecule has 0 aliphatic heterocycles. The average molecular weight is 267 g/mol. The van der Waals surface area contributed by atoms with Crippen LogP contribution in [-0.2, 0) is 24.3 Å². The van der Waals surface area contributed by atoms with Crippen LogP contribution in [0.2, 0.25) is 0 Å². The van der Waals surface area contributed by atoms with Crippen LogP contribution in [0.5, 0.6) is 0 Å². The minimum absolute atomic E-state index is 0.0779. The van der Waals surface area contributed by atoms with Crippen LogP contribution in [0, 0.1) is 5.92 Å². The van der Waals surface area contributed by atoms with Gasteiger partial charge in [-0.2, -0.15) is 5.10 Å². The molecule has 0 amide bonds. The third-order valence-corrected chi connectivity index (χ3v) is 2.94. The summed E-state index contributed by atoms with van der Waals surface area (Å²) >= 11 is 0. The molecule has 0 aliphatic rings. The predicted molar refractivity (Wildman–Crippen MR) is 75.0 cm³/mol. The van der Waals surface area contributed by atoms with Gasteiger partial charge in [0.15, 0.2) is 0 Å². The van der Waals surface area contributed by atoms with Gasteiger partial charge in [-0.3, -0.25) is 14.4 Å². The maximum absolute atomic E-state index is 10.9. The van der Waals surface area contributed by atoms with Gasteiger partial charge in [-0.25, -0.2) is 0 Å². The summed E-state index contributed by atoms with van der Waals surface area (Å²) in [5, 5.41) is 13.5. The van der Waals surface area contributed by atoms with Gasteiger partial charge in [0.05, 0.1) is 17.9 Å². The van der Waals surface area contributed by atoms with E-state index in [-0.39, 0.29) is 6.54 Å². The van der Waals surface area contributed by atoms with Crippen molar-refractivity contribution >= 4 is 5.97 Å². The lowest BCUT2D eigenvalue weighted by molar-refractivity contribution is -0.138. The van der Waals surface area contributed by atoms with Crippen molar-refractivity contribution in [2.75, 3.05) is 13.1 Å². The zero-order valence-electron chi connectivity index (χ0n) is 12.4. The van der Waals surface area contributed by atoms with Crippen molar-refractivity contribution in [1.82, 2.24) is 14.7 Å². The molecule has 1 aromatic rings. The first-order chi connectivity index (χ1) is 8.96. The molecule has 19 heavy (non-hydrogen) atoms. The monoisotopic (exact) mass is 267 g/mol. The van der Waals surface area contributed by atoms with E-state index in [2.05, 4.69) is 38.9 Å². The highest BCUT2D eigenvalue weighted by atomic mass is 16.4. The van der Waals surface area contributed by atoms with Gasteiger partial charge in [-0.05, 0) is 25.3 Å². The molecule has 1 aromatic heterocycles. The molecular formula is C14H25N3O2. The Hall–Kier alpha value is -1.36. The van der Waals surface area contributed by atoms with Crippen molar-refractivity contribution in [2.24, 2.45) is 5.92 Å². The molecule has 0 atom stereocenters. The number of aliphatic carboxylic acids is 1. The fraction of sp³-hybridized carbons (Fsp3) is 0.714. The maximum atomic E-state index is 10.9. The number of hydrogen-bond donors (Lipinski definition) is 1. The van der Waals surface area contributed by atoms with Crippen molar-refractivity contribution in [2.45, 2.75) is 47.2 Å². The van der Waals surface area contributed by atoms with Gasteiger partial charge < -0.3 is 5.11 Å². The first-order valence-corrected chi connectivity index (χ1v) is 6.96. The smallest absolute Gasteiger partial charge is 0.317 e. The SMILES string of the molecule is CCc1cc(CN(CC(=O)O)CC(C)C)n(CC)n1. The summed E-state index contributed by atoms with van der Waals surface area (Å²) in [5.41, 5.74) is 2.16. The summed E-state index contributed by atoms with van der Waals surface area (Å²) in [5.74, 6) is -0.332. The quantitative estimate of drug-likeness (QED) is 0.782. The summed E-state index contributed by atoms with van der Waals surface area (Å²) in [4.78, 5) is 12.9. The van der Waals surface area contributed by atoms with Crippen molar-refractivity contribution in [3.8, 4) is 0 Å². The van der Waals surface area contributed by atoms with E-state index in [1.54, 1.807) is 0 Å². The van der Waals surface area contributed by atoms with Gasteiger partial charge in [0, 0.05) is 19.6 Å². The summed E-state index contributed by atoms with van der Waals surface area (Å²) in [6.45, 7) is 10.7. The number of carboxylic acid groups (broad SMARTS) is 1. The molecule has 0 unspecified atom stereocenters. The Morgan fingerprint density at radius 1 is 1.47 bits per heavy atom. The minimum Gasteiger partial charge on any atom is -0.480 e. The lowest BCUT2D eigenvalue weighted by atomic mass is 10.2. The summed E-state index contributed by atoms with van der Waals surface area (Å²) in [7, 11) is 0. The highest BCUT2D eigenvalue weighted by molar-refractivity contribution is 5.69. The molecule has 0 spiro atoms. The van der Waals surface area contributed by atoms with Gasteiger partial charge in [0.2, 0.25) is 0 Å². The molecule has 0 saturated heterocycles. The van der Waals surface area contributed by atoms with Crippen LogP contribution in [0.3, 0.4) is 0 Å². The highest BCUT2D eigenvalue weighted by Gasteiger charge is 2.15. The Morgan fingerprint density at radius 2 is 2.16 bits per heavy atom. The second kappa shape index (κ2) is 7.28. The highest BCUT2D eigenvalue weighted by Crippen LogP contribution is 2.10. The van der Waals surface area contributed by atoms with Crippen LogP contribution in [0.4, 0.5) is 0 Å². The molecule has 0 aliphatic carbocycles. The van der Waals surface area contributed by atoms with Crippen LogP contribution < -0.4 is 0 Å². The molecule has 0 aromatic carbocycles. The van der Waals surface area contributed by atoms with Crippen molar-refractivity contribution in [3.05, 3.63) is 17.5 Å². The third kappa shape index (κ3) is 5.03. The van der Waals surface area contributed by atoms with Crippen molar-refractivity contribution < 1.29 is 9.90 Å². The standard InChI is InChI=1S/C14H25N3O2/c1-5-12-7-13(17(6-2)15-12)9-16(8-11(3)4)10-14(18)19/h7,11H,5-6,8-10H2,1-4H3,(H,18,19). The Bertz CT molecular complexity index is 413. The first kappa shape index (κ1) is 15.7. The molecular weight excluding hydrogens is 242 g/mol. The number of rotatable bonds is 8. The Kier molecular flexibility index (Phi) is 6.02. The molecule has 5 heteroatoms. The summed E-state index contributed by atoms with van der Waals surface area (Å²) in [6, 6.07) is 2.08. The van der Waals surface area contributed by atoms with Gasteiger partial charge in [-0.15, -0.1) is 0 Å². The van der Waals surface area contributed by atoms with Crippen LogP contribution in [-0.4, -0.2) is 38.8 Å². The van der Waals surface area contributed by atoms with Crippen LogP contribution >= 0.6 is 0 Å². The minimum atomic E-state index is -0.779. The molecule has 0 bridgehead atoms. The number of carbonyl (C=O) groups is 1. The number of hydrogen-bond acceptors (Lipinski definition) is 3. The van der Waals surface area contributed by atoms with E-state index in [0.717, 1.165) is 30.9 Å². The van der Waals surface area contributed by atoms with E-state index in [0.29, 0.717) is 12.5 Å². The van der Waals surface area contributed by atoms with Gasteiger partial charge in [0.1, 0.15) is 0 Å². The Morgan fingerprint density at radius 3 is 2.63 bits per heavy atom. The maximum Gasteiger partial charge on any atom is 0.317 e.